The average Bonchev–Trinajstić information content (AvgIpc) is 2.15. The molecule has 0 saturated carbocycles. The van der Waals surface area contributed by atoms with Crippen LogP contribution < -0.4 is 5.32 Å². The van der Waals surface area contributed by atoms with Gasteiger partial charge in [-0.05, 0) is 34.0 Å². The van der Waals surface area contributed by atoms with Crippen LogP contribution in [0.1, 0.15) is 13.3 Å². The predicted molar refractivity (Wildman–Crippen MR) is 64.0 cm³/mol. The van der Waals surface area contributed by atoms with Crippen molar-refractivity contribution in [1.29, 1.82) is 0 Å². The van der Waals surface area contributed by atoms with Gasteiger partial charge in [0.25, 0.3) is 0 Å². The lowest BCUT2D eigenvalue weighted by Crippen LogP contribution is -2.15. The maximum atomic E-state index is 10.5. The zero-order valence-corrected chi connectivity index (χ0v) is 10.1. The number of nitrogens with one attached hydrogen (secondary N) is 1. The van der Waals surface area contributed by atoms with Crippen LogP contribution in [0.5, 0.6) is 0 Å². The minimum absolute atomic E-state index is 0.120. The third-order valence-electron chi connectivity index (χ3n) is 2.04. The van der Waals surface area contributed by atoms with Gasteiger partial charge in [-0.15, -0.1) is 0 Å². The molecule has 0 aliphatic rings. The Balaban J connectivity index is 2.43. The number of rotatable bonds is 5. The van der Waals surface area contributed by atoms with Gasteiger partial charge in [-0.3, -0.25) is 4.79 Å². The lowest BCUT2D eigenvalue weighted by Gasteiger charge is -2.12. The number of carboxylic acids is 1. The molecule has 1 aromatic rings. The first-order valence-corrected chi connectivity index (χ1v) is 5.59. The van der Waals surface area contributed by atoms with E-state index >= 15 is 0 Å². The summed E-state index contributed by atoms with van der Waals surface area (Å²) < 4.78 is 0.993. The minimum Gasteiger partial charge on any atom is -0.481 e. The number of carboxylic acid groups (broad SMARTS) is 1. The van der Waals surface area contributed by atoms with E-state index in [-0.39, 0.29) is 12.3 Å². The summed E-state index contributed by atoms with van der Waals surface area (Å²) in [6, 6.07) is 7.78. The molecule has 1 aromatic carbocycles. The van der Waals surface area contributed by atoms with Crippen LogP contribution in [0.3, 0.4) is 0 Å². The maximum absolute atomic E-state index is 10.5. The Kier molecular flexibility index (Phi) is 4.62. The zero-order valence-electron chi connectivity index (χ0n) is 8.53. The van der Waals surface area contributed by atoms with Crippen LogP contribution in [0, 0.1) is 5.92 Å². The summed E-state index contributed by atoms with van der Waals surface area (Å²) in [5.41, 5.74) is 0.995. The highest BCUT2D eigenvalue weighted by Crippen LogP contribution is 2.21. The molecule has 0 spiro atoms. The molecule has 0 bridgehead atoms. The summed E-state index contributed by atoms with van der Waals surface area (Å²) in [6.07, 6.45) is 0.192. The number of carbonyl (C=O) groups is 1. The summed E-state index contributed by atoms with van der Waals surface area (Å²) in [6.45, 7) is 2.58. The van der Waals surface area contributed by atoms with Gasteiger partial charge in [0.2, 0.25) is 0 Å². The number of hydrogen-bond donors (Lipinski definition) is 2. The normalized spacial score (nSPS) is 12.1. The molecule has 0 aromatic heterocycles. The molecular weight excluding hydrogens is 258 g/mol. The highest BCUT2D eigenvalue weighted by molar-refractivity contribution is 9.10. The minimum atomic E-state index is -0.753. The average molecular weight is 272 g/mol. The third kappa shape index (κ3) is 4.34. The van der Waals surface area contributed by atoms with Gasteiger partial charge < -0.3 is 10.4 Å². The van der Waals surface area contributed by atoms with Crippen molar-refractivity contribution < 1.29 is 9.90 Å². The van der Waals surface area contributed by atoms with Crippen LogP contribution in [0.25, 0.3) is 0 Å². The number of halogens is 1. The summed E-state index contributed by atoms with van der Waals surface area (Å²) in [4.78, 5) is 10.5. The number of anilines is 1. The summed E-state index contributed by atoms with van der Waals surface area (Å²) >= 11 is 3.42. The molecule has 3 nitrogen and oxygen atoms in total. The van der Waals surface area contributed by atoms with Crippen LogP contribution >= 0.6 is 15.9 Å². The lowest BCUT2D eigenvalue weighted by atomic mass is 10.1. The van der Waals surface area contributed by atoms with Crippen molar-refractivity contribution in [3.05, 3.63) is 28.7 Å². The molecule has 2 N–H and O–H groups in total. The molecule has 0 aliphatic carbocycles. The second kappa shape index (κ2) is 5.75. The van der Waals surface area contributed by atoms with E-state index in [0.29, 0.717) is 6.54 Å². The number of benzene rings is 1. The molecule has 0 amide bonds. The Morgan fingerprint density at radius 3 is 2.80 bits per heavy atom. The Morgan fingerprint density at radius 1 is 1.53 bits per heavy atom. The first-order chi connectivity index (χ1) is 7.09. The van der Waals surface area contributed by atoms with Gasteiger partial charge in [-0.25, -0.2) is 0 Å². The summed E-state index contributed by atoms with van der Waals surface area (Å²) in [5.74, 6) is -0.633. The Bertz CT molecular complexity index is 341. The number of aliphatic carboxylic acids is 1. The molecule has 0 saturated heterocycles. The van der Waals surface area contributed by atoms with E-state index in [1.54, 1.807) is 0 Å². The molecule has 1 rings (SSSR count). The summed E-state index contributed by atoms with van der Waals surface area (Å²) in [7, 11) is 0. The first kappa shape index (κ1) is 12.0. The SMILES string of the molecule is CC(CNc1ccccc1Br)CC(=O)O. The molecule has 0 fully saturated rings. The quantitative estimate of drug-likeness (QED) is 0.866. The van der Waals surface area contributed by atoms with Crippen LogP contribution in [0.2, 0.25) is 0 Å². The van der Waals surface area contributed by atoms with Crippen molar-refractivity contribution in [2.24, 2.45) is 5.92 Å². The van der Waals surface area contributed by atoms with E-state index in [0.717, 1.165) is 10.2 Å². The first-order valence-electron chi connectivity index (χ1n) is 4.80. The van der Waals surface area contributed by atoms with Crippen LogP contribution in [-0.2, 0) is 4.79 Å². The van der Waals surface area contributed by atoms with Crippen molar-refractivity contribution in [2.75, 3.05) is 11.9 Å². The topological polar surface area (TPSA) is 49.3 Å². The monoisotopic (exact) mass is 271 g/mol. The molecule has 4 heteroatoms. The lowest BCUT2D eigenvalue weighted by molar-refractivity contribution is -0.137. The molecule has 82 valence electrons. The maximum Gasteiger partial charge on any atom is 0.303 e. The standard InChI is InChI=1S/C11H14BrNO2/c1-8(6-11(14)15)7-13-10-5-3-2-4-9(10)12/h2-5,8,13H,6-7H2,1H3,(H,14,15). The fraction of sp³-hybridized carbons (Fsp3) is 0.364. The number of para-hydroxylation sites is 1. The highest BCUT2D eigenvalue weighted by Gasteiger charge is 2.07. The molecule has 15 heavy (non-hydrogen) atoms. The molecule has 1 unspecified atom stereocenters. The van der Waals surface area contributed by atoms with Crippen LogP contribution in [0.4, 0.5) is 5.69 Å². The summed E-state index contributed by atoms with van der Waals surface area (Å²) in [5, 5.41) is 11.8. The van der Waals surface area contributed by atoms with Gasteiger partial charge in [0.1, 0.15) is 0 Å². The van der Waals surface area contributed by atoms with E-state index in [9.17, 15) is 4.79 Å². The van der Waals surface area contributed by atoms with Gasteiger partial charge in [-0.1, -0.05) is 19.1 Å². The predicted octanol–water partition coefficient (Wildman–Crippen LogP) is 2.97. The second-order valence-electron chi connectivity index (χ2n) is 3.56. The molecule has 1 atom stereocenters. The Morgan fingerprint density at radius 2 is 2.20 bits per heavy atom. The third-order valence-corrected chi connectivity index (χ3v) is 2.73. The molecule has 0 aliphatic heterocycles. The van der Waals surface area contributed by atoms with Gasteiger partial charge in [0.05, 0.1) is 0 Å². The van der Waals surface area contributed by atoms with Crippen molar-refractivity contribution in [3.8, 4) is 0 Å². The Hall–Kier alpha value is -1.03. The fourth-order valence-electron chi connectivity index (χ4n) is 1.26. The van der Waals surface area contributed by atoms with E-state index in [2.05, 4.69) is 21.2 Å². The largest absolute Gasteiger partial charge is 0.481 e. The van der Waals surface area contributed by atoms with Crippen molar-refractivity contribution >= 4 is 27.6 Å². The molecule has 0 radical (unpaired) electrons. The van der Waals surface area contributed by atoms with Crippen molar-refractivity contribution in [3.63, 3.8) is 0 Å². The van der Waals surface area contributed by atoms with Crippen LogP contribution in [0.15, 0.2) is 28.7 Å². The van der Waals surface area contributed by atoms with E-state index in [4.69, 9.17) is 5.11 Å². The fourth-order valence-corrected chi connectivity index (χ4v) is 1.68. The second-order valence-corrected chi connectivity index (χ2v) is 4.42. The molecular formula is C11H14BrNO2. The van der Waals surface area contributed by atoms with Gasteiger partial charge in [0, 0.05) is 23.1 Å². The van der Waals surface area contributed by atoms with E-state index in [1.807, 2.05) is 31.2 Å². The van der Waals surface area contributed by atoms with E-state index < -0.39 is 5.97 Å². The van der Waals surface area contributed by atoms with Crippen LogP contribution in [-0.4, -0.2) is 17.6 Å². The van der Waals surface area contributed by atoms with Gasteiger partial charge >= 0.3 is 5.97 Å². The Labute approximate surface area is 97.6 Å². The highest BCUT2D eigenvalue weighted by atomic mass is 79.9. The van der Waals surface area contributed by atoms with Crippen molar-refractivity contribution in [1.82, 2.24) is 0 Å². The smallest absolute Gasteiger partial charge is 0.303 e. The van der Waals surface area contributed by atoms with Crippen molar-refractivity contribution in [2.45, 2.75) is 13.3 Å². The molecule has 0 heterocycles. The number of hydrogen-bond acceptors (Lipinski definition) is 2. The van der Waals surface area contributed by atoms with Gasteiger partial charge in [0.15, 0.2) is 0 Å². The zero-order chi connectivity index (χ0) is 11.3. The van der Waals surface area contributed by atoms with Gasteiger partial charge in [-0.2, -0.15) is 0 Å². The van der Waals surface area contributed by atoms with E-state index in [1.165, 1.54) is 0 Å².